The van der Waals surface area contributed by atoms with Crippen LogP contribution in [0.15, 0.2) is 29.3 Å². The zero-order valence-electron chi connectivity index (χ0n) is 17.4. The largest absolute Gasteiger partial charge is 0.435 e. The lowest BCUT2D eigenvalue weighted by Gasteiger charge is -2.33. The summed E-state index contributed by atoms with van der Waals surface area (Å²) in [6.45, 7) is 0.130. The van der Waals surface area contributed by atoms with Crippen molar-refractivity contribution in [2.75, 3.05) is 25.0 Å². The lowest BCUT2D eigenvalue weighted by molar-refractivity contribution is -0.0498. The van der Waals surface area contributed by atoms with E-state index in [1.165, 1.54) is 62.8 Å². The fourth-order valence-electron chi connectivity index (χ4n) is 4.42. The number of carbonyl (C=O) groups excluding carboxylic acids is 1. The van der Waals surface area contributed by atoms with Crippen LogP contribution in [0, 0.1) is 11.8 Å². The Kier molecular flexibility index (Phi) is 8.42. The molecule has 0 bridgehead atoms. The van der Waals surface area contributed by atoms with Gasteiger partial charge in [-0.15, -0.1) is 0 Å². The van der Waals surface area contributed by atoms with Crippen LogP contribution < -0.4 is 15.8 Å². The Morgan fingerprint density at radius 3 is 2.60 bits per heavy atom. The first-order valence-corrected chi connectivity index (χ1v) is 10.9. The number of ether oxygens (including phenoxy) is 1. The number of piperidine rings is 1. The predicted octanol–water partition coefficient (Wildman–Crippen LogP) is 4.86. The minimum absolute atomic E-state index is 0.0292. The number of hydrogen-bond donors (Lipinski definition) is 2. The fourth-order valence-corrected chi connectivity index (χ4v) is 4.42. The van der Waals surface area contributed by atoms with Gasteiger partial charge in [0.15, 0.2) is 0 Å². The van der Waals surface area contributed by atoms with Crippen LogP contribution in [0.5, 0.6) is 5.75 Å². The molecule has 30 heavy (non-hydrogen) atoms. The zero-order valence-corrected chi connectivity index (χ0v) is 17.4. The van der Waals surface area contributed by atoms with Gasteiger partial charge in [0.05, 0.1) is 0 Å². The van der Waals surface area contributed by atoms with E-state index in [9.17, 15) is 13.6 Å². The number of amidine groups is 1. The van der Waals surface area contributed by atoms with Gasteiger partial charge in [-0.2, -0.15) is 13.8 Å². The van der Waals surface area contributed by atoms with Crippen molar-refractivity contribution in [2.24, 2.45) is 22.6 Å². The van der Waals surface area contributed by atoms with Gasteiger partial charge < -0.3 is 20.7 Å². The quantitative estimate of drug-likeness (QED) is 0.486. The molecule has 1 saturated carbocycles. The van der Waals surface area contributed by atoms with Crippen molar-refractivity contribution < 1.29 is 18.3 Å². The van der Waals surface area contributed by atoms with Crippen LogP contribution in [0.4, 0.5) is 19.3 Å². The molecule has 2 aliphatic rings. The molecule has 0 radical (unpaired) electrons. The summed E-state index contributed by atoms with van der Waals surface area (Å²) in [7, 11) is 0. The number of rotatable bonds is 7. The van der Waals surface area contributed by atoms with Crippen LogP contribution in [-0.4, -0.2) is 43.0 Å². The average Bonchev–Trinajstić information content (AvgIpc) is 2.74. The van der Waals surface area contributed by atoms with Crippen molar-refractivity contribution in [3.63, 3.8) is 0 Å². The molecule has 0 spiro atoms. The summed E-state index contributed by atoms with van der Waals surface area (Å²) in [5.74, 6) is 1.32. The number of likely N-dealkylation sites (tertiary alicyclic amines) is 1. The number of halogens is 2. The topological polar surface area (TPSA) is 79.9 Å². The molecule has 1 aliphatic carbocycles. The number of carbonyl (C=O) groups is 1. The lowest BCUT2D eigenvalue weighted by Crippen LogP contribution is -2.42. The van der Waals surface area contributed by atoms with Crippen molar-refractivity contribution in [1.29, 1.82) is 0 Å². The average molecular weight is 423 g/mol. The summed E-state index contributed by atoms with van der Waals surface area (Å²) in [5, 5.41) is 2.61. The highest BCUT2D eigenvalue weighted by atomic mass is 19.3. The Balaban J connectivity index is 1.46. The fraction of sp³-hybridized carbons (Fsp3) is 0.636. The van der Waals surface area contributed by atoms with Gasteiger partial charge in [-0.3, -0.25) is 0 Å². The molecular formula is C22H32F2N4O2. The maximum atomic E-state index is 12.2. The molecule has 1 saturated heterocycles. The van der Waals surface area contributed by atoms with E-state index in [-0.39, 0.29) is 11.7 Å². The smallest absolute Gasteiger partial charge is 0.387 e. The van der Waals surface area contributed by atoms with Crippen LogP contribution in [0.25, 0.3) is 0 Å². The van der Waals surface area contributed by atoms with Crippen molar-refractivity contribution >= 4 is 17.6 Å². The molecule has 1 heterocycles. The monoisotopic (exact) mass is 422 g/mol. The van der Waals surface area contributed by atoms with Crippen molar-refractivity contribution in [3.05, 3.63) is 24.3 Å². The normalized spacial score (nSPS) is 21.6. The third kappa shape index (κ3) is 7.23. The highest BCUT2D eigenvalue weighted by Crippen LogP contribution is 2.27. The Morgan fingerprint density at radius 2 is 1.90 bits per heavy atom. The second kappa shape index (κ2) is 11.2. The molecule has 1 unspecified atom stereocenters. The molecule has 3 N–H and O–H groups in total. The Labute approximate surface area is 176 Å². The van der Waals surface area contributed by atoms with Gasteiger partial charge in [0.1, 0.15) is 11.6 Å². The molecule has 2 fully saturated rings. The third-order valence-electron chi connectivity index (χ3n) is 6.06. The van der Waals surface area contributed by atoms with E-state index in [2.05, 4.69) is 19.9 Å². The van der Waals surface area contributed by atoms with Gasteiger partial charge in [0.25, 0.3) is 0 Å². The van der Waals surface area contributed by atoms with Crippen LogP contribution in [0.1, 0.15) is 51.4 Å². The number of hydrogen-bond acceptors (Lipinski definition) is 3. The van der Waals surface area contributed by atoms with Gasteiger partial charge in [-0.25, -0.2) is 4.79 Å². The van der Waals surface area contributed by atoms with E-state index >= 15 is 0 Å². The van der Waals surface area contributed by atoms with Crippen LogP contribution >= 0.6 is 0 Å². The highest BCUT2D eigenvalue weighted by Gasteiger charge is 2.24. The van der Waals surface area contributed by atoms with Crippen molar-refractivity contribution in [2.45, 2.75) is 58.0 Å². The number of benzene rings is 1. The molecule has 3 rings (SSSR count). The first-order valence-electron chi connectivity index (χ1n) is 10.9. The molecule has 8 heteroatoms. The molecule has 1 aliphatic heterocycles. The van der Waals surface area contributed by atoms with Gasteiger partial charge in [-0.05, 0) is 62.5 Å². The molecule has 1 atom stereocenters. The second-order valence-corrected chi connectivity index (χ2v) is 8.30. The summed E-state index contributed by atoms with van der Waals surface area (Å²) in [6.07, 6.45) is 10.1. The summed E-state index contributed by atoms with van der Waals surface area (Å²) in [6, 6.07) is 5.12. The van der Waals surface area contributed by atoms with E-state index in [1.54, 1.807) is 0 Å². The van der Waals surface area contributed by atoms with Gasteiger partial charge in [-0.1, -0.05) is 32.1 Å². The van der Waals surface area contributed by atoms with E-state index in [1.807, 2.05) is 0 Å². The summed E-state index contributed by atoms with van der Waals surface area (Å²) >= 11 is 0. The van der Waals surface area contributed by atoms with E-state index in [4.69, 9.17) is 5.73 Å². The van der Waals surface area contributed by atoms with E-state index in [0.29, 0.717) is 11.5 Å². The molecule has 0 aromatic heterocycles. The van der Waals surface area contributed by atoms with Gasteiger partial charge >= 0.3 is 12.6 Å². The van der Waals surface area contributed by atoms with Crippen molar-refractivity contribution in [3.8, 4) is 5.75 Å². The predicted molar refractivity (Wildman–Crippen MR) is 114 cm³/mol. The third-order valence-corrected chi connectivity index (χ3v) is 6.06. The molecule has 1 aromatic carbocycles. The molecule has 6 nitrogen and oxygen atoms in total. The molecule has 2 amide bonds. The number of nitrogens with zero attached hydrogens (tertiary/aromatic N) is 2. The van der Waals surface area contributed by atoms with Crippen molar-refractivity contribution in [1.82, 2.24) is 4.90 Å². The van der Waals surface area contributed by atoms with Crippen LogP contribution in [0.2, 0.25) is 0 Å². The number of urea groups is 1. The minimum atomic E-state index is -2.88. The number of anilines is 1. The molecule has 166 valence electrons. The van der Waals surface area contributed by atoms with Gasteiger partial charge in [0.2, 0.25) is 0 Å². The minimum Gasteiger partial charge on any atom is -0.435 e. The van der Waals surface area contributed by atoms with Gasteiger partial charge in [0, 0.05) is 18.2 Å². The standard InChI is InChI=1S/C22H32F2N4O2/c23-21(24)30-19-10-8-18(9-11-19)26-22(29)27-20(25)17-7-4-13-28(15-17)14-12-16-5-2-1-3-6-16/h8-11,16-17,21H,1-7,12-15H2,(H3,25,26,27,29). The SMILES string of the molecule is N/C(=N\C(=O)Nc1ccc(OC(F)F)cc1)C1CCCN(CCC2CCCCC2)C1. The number of aliphatic imine (C=N–C) groups is 1. The Bertz CT molecular complexity index is 706. The lowest BCUT2D eigenvalue weighted by atomic mass is 9.86. The van der Waals surface area contributed by atoms with Crippen LogP contribution in [-0.2, 0) is 0 Å². The molecular weight excluding hydrogens is 390 g/mol. The van der Waals surface area contributed by atoms with E-state index < -0.39 is 12.6 Å². The summed E-state index contributed by atoms with van der Waals surface area (Å²) in [4.78, 5) is 18.7. The van der Waals surface area contributed by atoms with Crippen LogP contribution in [0.3, 0.4) is 0 Å². The maximum absolute atomic E-state index is 12.2. The van der Waals surface area contributed by atoms with E-state index in [0.717, 1.165) is 38.4 Å². The number of alkyl halides is 2. The first-order chi connectivity index (χ1) is 14.5. The number of nitrogens with two attached hydrogens (primary N) is 1. The summed E-state index contributed by atoms with van der Waals surface area (Å²) in [5.41, 5.74) is 6.58. The second-order valence-electron chi connectivity index (χ2n) is 8.30. The Hall–Kier alpha value is -2.22. The highest BCUT2D eigenvalue weighted by molar-refractivity contribution is 6.00. The maximum Gasteiger partial charge on any atom is 0.387 e. The molecule has 1 aromatic rings. The number of nitrogens with one attached hydrogen (secondary N) is 1. The summed E-state index contributed by atoms with van der Waals surface area (Å²) < 4.78 is 28.7. The Morgan fingerprint density at radius 1 is 1.17 bits per heavy atom. The zero-order chi connectivity index (χ0) is 21.3. The number of amides is 2. The first kappa shape index (κ1) is 22.5.